The van der Waals surface area contributed by atoms with Gasteiger partial charge in [-0.2, -0.15) is 0 Å². The summed E-state index contributed by atoms with van der Waals surface area (Å²) in [7, 11) is 0. The normalized spacial score (nSPS) is 13.7. The van der Waals surface area contributed by atoms with Gasteiger partial charge in [-0.3, -0.25) is 0 Å². The van der Waals surface area contributed by atoms with Gasteiger partial charge in [-0.25, -0.2) is 4.79 Å². The van der Waals surface area contributed by atoms with Gasteiger partial charge in [-0.15, -0.1) is 0 Å². The Kier molecular flexibility index (Phi) is 6.36. The van der Waals surface area contributed by atoms with Crippen LogP contribution in [0, 0.1) is 0 Å². The third-order valence-corrected chi connectivity index (χ3v) is 2.95. The summed E-state index contributed by atoms with van der Waals surface area (Å²) in [5.41, 5.74) is 6.97. The van der Waals surface area contributed by atoms with Crippen LogP contribution in [-0.4, -0.2) is 18.7 Å². The zero-order valence-corrected chi connectivity index (χ0v) is 11.9. The summed E-state index contributed by atoms with van der Waals surface area (Å²) < 4.78 is 10.8. The molecule has 106 valence electrons. The lowest BCUT2D eigenvalue weighted by atomic mass is 10.0. The van der Waals surface area contributed by atoms with Crippen LogP contribution in [0.25, 0.3) is 0 Å². The Hall–Kier alpha value is -1.55. The van der Waals surface area contributed by atoms with Crippen molar-refractivity contribution < 1.29 is 14.3 Å². The molecule has 0 radical (unpaired) electrons. The van der Waals surface area contributed by atoms with Gasteiger partial charge in [0.1, 0.15) is 5.75 Å². The number of carbonyl (C=O) groups is 1. The number of hydrogen-bond acceptors (Lipinski definition) is 4. The Bertz CT molecular complexity index is 406. The highest BCUT2D eigenvalue weighted by molar-refractivity contribution is 5.75. The summed E-state index contributed by atoms with van der Waals surface area (Å²) in [5, 5.41) is 0. The number of para-hydroxylation sites is 1. The lowest BCUT2D eigenvalue weighted by Gasteiger charge is -2.20. The molecule has 0 amide bonds. The highest BCUT2D eigenvalue weighted by Gasteiger charge is 2.21. The largest absolute Gasteiger partial charge is 0.478 e. The summed E-state index contributed by atoms with van der Waals surface area (Å²) in [6.45, 7) is 6.05. The van der Waals surface area contributed by atoms with Crippen molar-refractivity contribution in [2.24, 2.45) is 5.73 Å². The van der Waals surface area contributed by atoms with E-state index < -0.39 is 6.10 Å². The Labute approximate surface area is 114 Å². The minimum absolute atomic E-state index is 0.0871. The first-order chi connectivity index (χ1) is 9.13. The fourth-order valence-electron chi connectivity index (χ4n) is 1.80. The molecule has 0 aliphatic heterocycles. The quantitative estimate of drug-likeness (QED) is 0.770. The van der Waals surface area contributed by atoms with Gasteiger partial charge in [-0.1, -0.05) is 32.0 Å². The van der Waals surface area contributed by atoms with Crippen molar-refractivity contribution >= 4 is 5.97 Å². The van der Waals surface area contributed by atoms with Crippen LogP contribution in [-0.2, 0) is 9.53 Å². The van der Waals surface area contributed by atoms with E-state index in [4.69, 9.17) is 15.2 Å². The summed E-state index contributed by atoms with van der Waals surface area (Å²) in [4.78, 5) is 11.8. The molecule has 2 atom stereocenters. The average Bonchev–Trinajstić information content (AvgIpc) is 2.44. The third-order valence-electron chi connectivity index (χ3n) is 2.95. The van der Waals surface area contributed by atoms with E-state index in [0.29, 0.717) is 18.8 Å². The van der Waals surface area contributed by atoms with Gasteiger partial charge in [0, 0.05) is 11.6 Å². The van der Waals surface area contributed by atoms with Crippen LogP contribution >= 0.6 is 0 Å². The van der Waals surface area contributed by atoms with Gasteiger partial charge >= 0.3 is 5.97 Å². The van der Waals surface area contributed by atoms with E-state index in [1.54, 1.807) is 6.92 Å². The molecular weight excluding hydrogens is 242 g/mol. The van der Waals surface area contributed by atoms with Crippen LogP contribution in [0.1, 0.15) is 45.2 Å². The molecule has 0 saturated heterocycles. The Morgan fingerprint density at radius 1 is 1.21 bits per heavy atom. The van der Waals surface area contributed by atoms with E-state index in [1.165, 1.54) is 0 Å². The van der Waals surface area contributed by atoms with Crippen LogP contribution in [0.4, 0.5) is 0 Å². The number of rotatable bonds is 7. The van der Waals surface area contributed by atoms with E-state index in [2.05, 4.69) is 0 Å². The molecule has 0 spiro atoms. The number of ether oxygens (including phenoxy) is 2. The van der Waals surface area contributed by atoms with Gasteiger partial charge in [0.05, 0.1) is 6.61 Å². The Morgan fingerprint density at radius 2 is 1.89 bits per heavy atom. The minimum atomic E-state index is -0.579. The minimum Gasteiger partial charge on any atom is -0.478 e. The molecule has 1 rings (SSSR count). The number of benzene rings is 1. The molecule has 0 saturated carbocycles. The fraction of sp³-hybridized carbons (Fsp3) is 0.533. The van der Waals surface area contributed by atoms with Crippen LogP contribution in [0.15, 0.2) is 24.3 Å². The number of carbonyl (C=O) groups excluding carboxylic acids is 1. The molecule has 0 bridgehead atoms. The van der Waals surface area contributed by atoms with Gasteiger partial charge in [0.25, 0.3) is 0 Å². The summed E-state index contributed by atoms with van der Waals surface area (Å²) in [6, 6.07) is 7.48. The van der Waals surface area contributed by atoms with Gasteiger partial charge in [-0.05, 0) is 25.8 Å². The second-order valence-electron chi connectivity index (χ2n) is 4.32. The van der Waals surface area contributed by atoms with Crippen LogP contribution < -0.4 is 10.5 Å². The molecule has 4 heteroatoms. The lowest BCUT2D eigenvalue weighted by Crippen LogP contribution is -2.29. The van der Waals surface area contributed by atoms with Crippen molar-refractivity contribution in [3.8, 4) is 5.75 Å². The topological polar surface area (TPSA) is 61.5 Å². The standard InChI is InChI=1S/C15H23NO3/c1-4-12(16)11-9-7-8-10-14(11)19-13(5-2)15(17)18-6-3/h7-10,12-13H,4-6,16H2,1-3H3. The maximum Gasteiger partial charge on any atom is 0.347 e. The third kappa shape index (κ3) is 4.24. The lowest BCUT2D eigenvalue weighted by molar-refractivity contribution is -0.151. The first kappa shape index (κ1) is 15.5. The molecule has 0 fully saturated rings. The zero-order chi connectivity index (χ0) is 14.3. The van der Waals surface area contributed by atoms with Crippen LogP contribution in [0.2, 0.25) is 0 Å². The molecule has 1 aromatic carbocycles. The number of nitrogens with two attached hydrogens (primary N) is 1. The number of hydrogen-bond donors (Lipinski definition) is 1. The monoisotopic (exact) mass is 265 g/mol. The highest BCUT2D eigenvalue weighted by atomic mass is 16.6. The molecule has 4 nitrogen and oxygen atoms in total. The van der Waals surface area contributed by atoms with Crippen molar-refractivity contribution in [1.82, 2.24) is 0 Å². The summed E-state index contributed by atoms with van der Waals surface area (Å²) >= 11 is 0. The van der Waals surface area contributed by atoms with E-state index in [1.807, 2.05) is 38.1 Å². The van der Waals surface area contributed by atoms with E-state index in [9.17, 15) is 4.79 Å². The SMILES string of the molecule is CCOC(=O)C(CC)Oc1ccccc1C(N)CC. The Morgan fingerprint density at radius 3 is 2.47 bits per heavy atom. The summed E-state index contributed by atoms with van der Waals surface area (Å²) in [6.07, 6.45) is 0.802. The zero-order valence-electron chi connectivity index (χ0n) is 11.9. The second-order valence-corrected chi connectivity index (χ2v) is 4.32. The number of esters is 1. The van der Waals surface area contributed by atoms with Crippen molar-refractivity contribution in [3.05, 3.63) is 29.8 Å². The molecule has 0 aromatic heterocycles. The molecule has 0 aliphatic rings. The molecule has 0 heterocycles. The maximum atomic E-state index is 11.8. The van der Waals surface area contributed by atoms with Crippen LogP contribution in [0.5, 0.6) is 5.75 Å². The first-order valence-electron chi connectivity index (χ1n) is 6.81. The molecule has 2 N–H and O–H groups in total. The predicted molar refractivity (Wildman–Crippen MR) is 75.0 cm³/mol. The van der Waals surface area contributed by atoms with Crippen molar-refractivity contribution in [1.29, 1.82) is 0 Å². The molecule has 2 unspecified atom stereocenters. The van der Waals surface area contributed by atoms with Gasteiger partial charge in [0.2, 0.25) is 0 Å². The molecule has 19 heavy (non-hydrogen) atoms. The van der Waals surface area contributed by atoms with E-state index in [-0.39, 0.29) is 12.0 Å². The van der Waals surface area contributed by atoms with E-state index in [0.717, 1.165) is 12.0 Å². The smallest absolute Gasteiger partial charge is 0.347 e. The van der Waals surface area contributed by atoms with Gasteiger partial charge in [0.15, 0.2) is 6.10 Å². The fourth-order valence-corrected chi connectivity index (χ4v) is 1.80. The first-order valence-corrected chi connectivity index (χ1v) is 6.81. The van der Waals surface area contributed by atoms with E-state index >= 15 is 0 Å². The summed E-state index contributed by atoms with van der Waals surface area (Å²) in [5.74, 6) is 0.335. The molecule has 0 aliphatic carbocycles. The Balaban J connectivity index is 2.88. The highest BCUT2D eigenvalue weighted by Crippen LogP contribution is 2.26. The van der Waals surface area contributed by atoms with Crippen molar-refractivity contribution in [2.75, 3.05) is 6.61 Å². The van der Waals surface area contributed by atoms with Crippen molar-refractivity contribution in [3.63, 3.8) is 0 Å². The predicted octanol–water partition coefficient (Wildman–Crippen LogP) is 2.82. The van der Waals surface area contributed by atoms with Gasteiger partial charge < -0.3 is 15.2 Å². The van der Waals surface area contributed by atoms with Crippen LogP contribution in [0.3, 0.4) is 0 Å². The average molecular weight is 265 g/mol. The molecule has 1 aromatic rings. The second kappa shape index (κ2) is 7.79. The van der Waals surface area contributed by atoms with Crippen molar-refractivity contribution in [2.45, 2.75) is 45.8 Å². The molecular formula is C15H23NO3. The maximum absolute atomic E-state index is 11.8.